The minimum absolute atomic E-state index is 0.0463. The number of carbonyl (C=O) groups excluding carboxylic acids is 2. The molecule has 0 saturated carbocycles. The van der Waals surface area contributed by atoms with E-state index in [2.05, 4.69) is 13.8 Å². The average Bonchev–Trinajstić information content (AvgIpc) is 2.30. The number of rotatable bonds is 8. The van der Waals surface area contributed by atoms with E-state index in [1.54, 1.807) is 7.96 Å². The third-order valence-corrected chi connectivity index (χ3v) is 6.80. The van der Waals surface area contributed by atoms with Crippen LogP contribution in [0.25, 0.3) is 0 Å². The first-order valence-corrected chi connectivity index (χ1v) is 13.1. The van der Waals surface area contributed by atoms with Gasteiger partial charge in [0.2, 0.25) is 5.78 Å². The summed E-state index contributed by atoms with van der Waals surface area (Å²) in [6, 6.07) is 0. The Balaban J connectivity index is 0. The predicted molar refractivity (Wildman–Crippen MR) is 71.5 cm³/mol. The zero-order valence-corrected chi connectivity index (χ0v) is 16.5. The zero-order valence-electron chi connectivity index (χ0n) is 12.0. The molecule has 0 saturated heterocycles. The predicted octanol–water partition coefficient (Wildman–Crippen LogP) is 4.22. The van der Waals surface area contributed by atoms with Crippen molar-refractivity contribution >= 4 is 35.8 Å². The summed E-state index contributed by atoms with van der Waals surface area (Å²) >= 11 is -0.0463. The Kier molecular flexibility index (Phi) is 14.7. The Labute approximate surface area is 125 Å². The van der Waals surface area contributed by atoms with Gasteiger partial charge in [0.05, 0.1) is 6.42 Å². The van der Waals surface area contributed by atoms with E-state index in [9.17, 15) is 22.8 Å². The monoisotopic (exact) mass is 473 g/mol. The van der Waals surface area contributed by atoms with E-state index in [4.69, 9.17) is 0 Å². The second-order valence-corrected chi connectivity index (χ2v) is 12.8. The summed E-state index contributed by atoms with van der Waals surface area (Å²) in [6.07, 6.45) is -3.57. The fourth-order valence-electron chi connectivity index (χ4n) is 1.23. The SMILES string of the molecule is CCCCCC(=O)CC(=O)C(F)(F)F.C[CH2][Tl][CH2]C. The summed E-state index contributed by atoms with van der Waals surface area (Å²) in [7, 11) is 0. The van der Waals surface area contributed by atoms with Gasteiger partial charge in [-0.2, -0.15) is 13.2 Å². The molecule has 0 aromatic rings. The Morgan fingerprint density at radius 3 is 1.84 bits per heavy atom. The molecule has 0 aliphatic heterocycles. The van der Waals surface area contributed by atoms with Crippen molar-refractivity contribution < 1.29 is 22.8 Å². The first kappa shape index (κ1) is 21.4. The molecule has 0 fully saturated rings. The van der Waals surface area contributed by atoms with Crippen LogP contribution in [0.15, 0.2) is 0 Å². The second-order valence-electron chi connectivity index (χ2n) is 4.20. The molecule has 0 heterocycles. The van der Waals surface area contributed by atoms with E-state index in [1.807, 2.05) is 6.92 Å². The maximum atomic E-state index is 11.7. The van der Waals surface area contributed by atoms with Gasteiger partial charge in [-0.1, -0.05) is 19.8 Å². The molecule has 0 rings (SSSR count). The van der Waals surface area contributed by atoms with Gasteiger partial charge in [0.1, 0.15) is 5.78 Å². The number of Topliss-reactive ketones (excluding diaryl/α,β-unsaturated/α-hetero) is 2. The molecule has 0 aliphatic carbocycles. The van der Waals surface area contributed by atoms with Gasteiger partial charge < -0.3 is 0 Å². The second kappa shape index (κ2) is 13.1. The van der Waals surface area contributed by atoms with Crippen LogP contribution in [0.1, 0.15) is 52.9 Å². The van der Waals surface area contributed by atoms with Gasteiger partial charge in [-0.05, 0) is 6.42 Å². The first-order chi connectivity index (χ1) is 8.79. The molecule has 111 valence electrons. The standard InChI is InChI=1S/C9H13F3O2.2C2H5.Tl/c1-2-3-4-5-7(13)6-8(14)9(10,11)12;2*1-2;/h2-6H2,1H3;2*1H2,2H3;. The van der Waals surface area contributed by atoms with Gasteiger partial charge >= 0.3 is 52.2 Å². The molecule has 0 aliphatic rings. The van der Waals surface area contributed by atoms with Crippen LogP contribution in [-0.4, -0.2) is 42.0 Å². The molecule has 2 nitrogen and oxygen atoms in total. The molecule has 19 heavy (non-hydrogen) atoms. The summed E-state index contributed by atoms with van der Waals surface area (Å²) in [5, 5.41) is 0. The van der Waals surface area contributed by atoms with Gasteiger partial charge in [0, 0.05) is 6.42 Å². The molecule has 0 aromatic heterocycles. The molecule has 6 heteroatoms. The molecule has 0 unspecified atom stereocenters. The summed E-state index contributed by atoms with van der Waals surface area (Å²) in [5.41, 5.74) is 0. The van der Waals surface area contributed by atoms with Crippen molar-refractivity contribution in [3.05, 3.63) is 0 Å². The van der Waals surface area contributed by atoms with Crippen molar-refractivity contribution in [1.82, 2.24) is 0 Å². The van der Waals surface area contributed by atoms with E-state index in [0.29, 0.717) is 6.42 Å². The number of hydrogen-bond acceptors (Lipinski definition) is 2. The van der Waals surface area contributed by atoms with Crippen LogP contribution in [-0.2, 0) is 9.59 Å². The Morgan fingerprint density at radius 2 is 1.53 bits per heavy atom. The van der Waals surface area contributed by atoms with Crippen LogP contribution < -0.4 is 0 Å². The number of ketones is 2. The van der Waals surface area contributed by atoms with Crippen molar-refractivity contribution in [2.24, 2.45) is 0 Å². The van der Waals surface area contributed by atoms with Crippen LogP contribution in [0.4, 0.5) is 13.2 Å². The molecular weight excluding hydrogens is 450 g/mol. The van der Waals surface area contributed by atoms with Crippen molar-refractivity contribution in [3.63, 3.8) is 0 Å². The molecule has 0 spiro atoms. The van der Waals surface area contributed by atoms with E-state index >= 15 is 0 Å². The maximum absolute atomic E-state index is 11.7. The Bertz CT molecular complexity index is 251. The minimum atomic E-state index is -4.87. The van der Waals surface area contributed by atoms with Crippen molar-refractivity contribution in [2.75, 3.05) is 0 Å². The number of unbranched alkanes of at least 4 members (excludes halogenated alkanes) is 2. The summed E-state index contributed by atoms with van der Waals surface area (Å²) in [4.78, 5) is 21.2. The first-order valence-electron chi connectivity index (χ1n) is 6.72. The summed E-state index contributed by atoms with van der Waals surface area (Å²) < 4.78 is 38.2. The normalized spacial score (nSPS) is 10.2. The molecule has 0 radical (unpaired) electrons. The van der Waals surface area contributed by atoms with E-state index in [1.165, 1.54) is 0 Å². The molecule has 0 N–H and O–H groups in total. The fourth-order valence-corrected chi connectivity index (χ4v) is 3.47. The van der Waals surface area contributed by atoms with Crippen LogP contribution in [0.2, 0.25) is 7.96 Å². The number of alkyl halides is 3. The number of carbonyl (C=O) groups is 2. The molecule has 0 atom stereocenters. The number of hydrogen-bond donors (Lipinski definition) is 0. The van der Waals surface area contributed by atoms with Crippen LogP contribution in [0.3, 0.4) is 0 Å². The van der Waals surface area contributed by atoms with Gasteiger partial charge in [-0.15, -0.1) is 0 Å². The van der Waals surface area contributed by atoms with E-state index in [-0.39, 0.29) is 30.7 Å². The quantitative estimate of drug-likeness (QED) is 0.301. The van der Waals surface area contributed by atoms with Crippen LogP contribution in [0, 0.1) is 0 Å². The van der Waals surface area contributed by atoms with Gasteiger partial charge in [-0.3, -0.25) is 9.59 Å². The van der Waals surface area contributed by atoms with Crippen LogP contribution in [0.5, 0.6) is 0 Å². The third kappa shape index (κ3) is 16.0. The third-order valence-electron chi connectivity index (χ3n) is 2.31. The fraction of sp³-hybridized carbons (Fsp3) is 0.846. The van der Waals surface area contributed by atoms with Gasteiger partial charge in [-0.25, -0.2) is 0 Å². The average molecular weight is 473 g/mol. The summed E-state index contributed by atoms with van der Waals surface area (Å²) in [5.74, 6) is -2.57. The van der Waals surface area contributed by atoms with Gasteiger partial charge in [0.15, 0.2) is 0 Å². The molecule has 0 bridgehead atoms. The van der Waals surface area contributed by atoms with Crippen molar-refractivity contribution in [2.45, 2.75) is 67.0 Å². The van der Waals surface area contributed by atoms with Crippen molar-refractivity contribution in [3.8, 4) is 0 Å². The van der Waals surface area contributed by atoms with Crippen LogP contribution >= 0.6 is 0 Å². The van der Waals surface area contributed by atoms with E-state index in [0.717, 1.165) is 12.8 Å². The number of halogens is 3. The molecule has 0 amide bonds. The summed E-state index contributed by atoms with van der Waals surface area (Å²) in [6.45, 7) is 6.53. The zero-order chi connectivity index (χ0) is 15.3. The Hall–Kier alpha value is 0.0521. The van der Waals surface area contributed by atoms with E-state index < -0.39 is 24.2 Å². The Morgan fingerprint density at radius 1 is 1.00 bits per heavy atom. The van der Waals surface area contributed by atoms with Crippen molar-refractivity contribution in [1.29, 1.82) is 0 Å². The topological polar surface area (TPSA) is 34.1 Å². The molecule has 0 aromatic carbocycles. The molecular formula is C13H23F3O2Tl. The van der Waals surface area contributed by atoms with Gasteiger partial charge in [0.25, 0.3) is 0 Å².